The van der Waals surface area contributed by atoms with Gasteiger partial charge in [-0.15, -0.1) is 0 Å². The number of hydrogen-bond donors (Lipinski definition) is 1. The van der Waals surface area contributed by atoms with Gasteiger partial charge in [0.25, 0.3) is 5.56 Å². The highest BCUT2D eigenvalue weighted by Gasteiger charge is 2.26. The number of carbonyl (C=O) groups excluding carboxylic acids is 2. The van der Waals surface area contributed by atoms with Crippen LogP contribution in [0.5, 0.6) is 0 Å². The zero-order valence-electron chi connectivity index (χ0n) is 19.3. The number of nitrogens with one attached hydrogen (secondary N) is 1. The van der Waals surface area contributed by atoms with Crippen LogP contribution in [-0.4, -0.2) is 39.8 Å². The molecule has 3 aromatic heterocycles. The van der Waals surface area contributed by atoms with E-state index in [9.17, 15) is 14.4 Å². The molecule has 3 heterocycles. The summed E-state index contributed by atoms with van der Waals surface area (Å²) in [4.78, 5) is 42.4. The monoisotopic (exact) mass is 498 g/mol. The highest BCUT2D eigenvalue weighted by atomic mass is 32.1. The molecule has 1 fully saturated rings. The molecule has 0 aliphatic heterocycles. The van der Waals surface area contributed by atoms with E-state index in [-0.39, 0.29) is 23.0 Å². The Labute approximate surface area is 205 Å². The first-order chi connectivity index (χ1) is 17.1. The zero-order chi connectivity index (χ0) is 24.6. The molecule has 3 aromatic rings. The fourth-order valence-electron chi connectivity index (χ4n) is 3.84. The molecule has 1 saturated carbocycles. The smallest absolute Gasteiger partial charge is 0.431 e. The Kier molecular flexibility index (Phi) is 8.09. The molecular weight excluding hydrogens is 472 g/mol. The van der Waals surface area contributed by atoms with Gasteiger partial charge < -0.3 is 19.5 Å². The van der Waals surface area contributed by atoms with Crippen molar-refractivity contribution in [3.8, 4) is 11.3 Å². The third-order valence-corrected chi connectivity index (χ3v) is 6.25. The average Bonchev–Trinajstić information content (AvgIpc) is 3.41. The van der Waals surface area contributed by atoms with Crippen LogP contribution in [0.25, 0.3) is 11.3 Å². The number of hydrogen-bond acceptors (Lipinski definition) is 10. The Balaban J connectivity index is 1.58. The van der Waals surface area contributed by atoms with Gasteiger partial charge in [-0.3, -0.25) is 9.78 Å². The van der Waals surface area contributed by atoms with Gasteiger partial charge in [0, 0.05) is 23.7 Å². The summed E-state index contributed by atoms with van der Waals surface area (Å²) >= 11 is 1.42. The van der Waals surface area contributed by atoms with E-state index in [1.807, 2.05) is 10.8 Å². The van der Waals surface area contributed by atoms with Crippen molar-refractivity contribution in [2.75, 3.05) is 12.1 Å². The topological polar surface area (TPSA) is 122 Å². The second kappa shape index (κ2) is 11.6. The Morgan fingerprint density at radius 3 is 2.71 bits per heavy atom. The van der Waals surface area contributed by atoms with E-state index >= 15 is 0 Å². The van der Waals surface area contributed by atoms with E-state index in [0.29, 0.717) is 17.8 Å². The summed E-state index contributed by atoms with van der Waals surface area (Å²) in [5, 5.41) is 11.0. The van der Waals surface area contributed by atoms with Crippen LogP contribution in [0.3, 0.4) is 0 Å². The Bertz CT molecular complexity index is 1210. The number of ether oxygens (including phenoxy) is 3. The standard InChI is InChI=1S/C24H26N4O6S/c1-2-28-22(29)21(26-17-7-6-11-25-13-17)19(20(27-28)16-10-12-35-14-16)23(30)32-15-33-24(31)34-18-8-4-3-5-9-18/h6-7,10-14,18,26H,2-5,8-9,15H2,1H3. The number of thiophene rings is 1. The lowest BCUT2D eigenvalue weighted by Gasteiger charge is -2.21. The summed E-state index contributed by atoms with van der Waals surface area (Å²) in [6.07, 6.45) is 6.76. The summed E-state index contributed by atoms with van der Waals surface area (Å²) in [5.41, 5.74) is 0.859. The molecule has 4 rings (SSSR count). The lowest BCUT2D eigenvalue weighted by Crippen LogP contribution is -2.29. The SMILES string of the molecule is CCn1nc(-c2ccsc2)c(C(=O)OCOC(=O)OC2CCCCC2)c(Nc2cccnc2)c1=O. The number of esters is 1. The first-order valence-electron chi connectivity index (χ1n) is 11.4. The fraction of sp³-hybridized carbons (Fsp3) is 0.375. The summed E-state index contributed by atoms with van der Waals surface area (Å²) in [6, 6.07) is 5.21. The summed E-state index contributed by atoms with van der Waals surface area (Å²) in [7, 11) is 0. The maximum atomic E-state index is 13.2. The van der Waals surface area contributed by atoms with Gasteiger partial charge in [-0.1, -0.05) is 6.42 Å². The first kappa shape index (κ1) is 24.4. The molecule has 0 saturated heterocycles. The molecular formula is C24H26N4O6S. The van der Waals surface area contributed by atoms with Crippen molar-refractivity contribution in [3.05, 3.63) is 57.3 Å². The predicted molar refractivity (Wildman–Crippen MR) is 130 cm³/mol. The molecule has 0 atom stereocenters. The molecule has 0 bridgehead atoms. The first-order valence-corrected chi connectivity index (χ1v) is 12.4. The van der Waals surface area contributed by atoms with Gasteiger partial charge in [0.15, 0.2) is 0 Å². The van der Waals surface area contributed by atoms with Crippen molar-refractivity contribution in [2.24, 2.45) is 0 Å². The fourth-order valence-corrected chi connectivity index (χ4v) is 4.48. The van der Waals surface area contributed by atoms with Gasteiger partial charge in [0.2, 0.25) is 6.79 Å². The van der Waals surface area contributed by atoms with E-state index in [4.69, 9.17) is 14.2 Å². The Morgan fingerprint density at radius 2 is 2.03 bits per heavy atom. The quantitative estimate of drug-likeness (QED) is 0.347. The molecule has 1 N–H and O–H groups in total. The molecule has 0 radical (unpaired) electrons. The minimum Gasteiger partial charge on any atom is -0.431 e. The Morgan fingerprint density at radius 1 is 1.20 bits per heavy atom. The summed E-state index contributed by atoms with van der Waals surface area (Å²) in [6.45, 7) is 1.42. The van der Waals surface area contributed by atoms with Gasteiger partial charge in [0.05, 0.1) is 11.9 Å². The highest BCUT2D eigenvalue weighted by molar-refractivity contribution is 7.08. The molecule has 0 spiro atoms. The van der Waals surface area contributed by atoms with E-state index in [2.05, 4.69) is 15.4 Å². The molecule has 0 unspecified atom stereocenters. The minimum atomic E-state index is -0.893. The number of aryl methyl sites for hydroxylation is 1. The van der Waals surface area contributed by atoms with Gasteiger partial charge in [-0.2, -0.15) is 16.4 Å². The van der Waals surface area contributed by atoms with Crippen LogP contribution in [-0.2, 0) is 20.8 Å². The van der Waals surface area contributed by atoms with Crippen molar-refractivity contribution in [1.82, 2.24) is 14.8 Å². The normalized spacial score (nSPS) is 13.7. The maximum Gasteiger partial charge on any atom is 0.511 e. The van der Waals surface area contributed by atoms with Crippen molar-refractivity contribution in [3.63, 3.8) is 0 Å². The lowest BCUT2D eigenvalue weighted by atomic mass is 9.98. The molecule has 0 amide bonds. The third-order valence-electron chi connectivity index (χ3n) is 5.57. The van der Waals surface area contributed by atoms with Crippen LogP contribution >= 0.6 is 11.3 Å². The number of nitrogens with zero attached hydrogens (tertiary/aromatic N) is 3. The second-order valence-corrected chi connectivity index (χ2v) is 8.70. The average molecular weight is 499 g/mol. The highest BCUT2D eigenvalue weighted by Crippen LogP contribution is 2.29. The molecule has 35 heavy (non-hydrogen) atoms. The number of carbonyl (C=O) groups is 2. The van der Waals surface area contributed by atoms with Crippen LogP contribution < -0.4 is 10.9 Å². The van der Waals surface area contributed by atoms with Gasteiger partial charge in [-0.05, 0) is 56.2 Å². The molecule has 10 nitrogen and oxygen atoms in total. The van der Waals surface area contributed by atoms with Crippen LogP contribution in [0.2, 0.25) is 0 Å². The van der Waals surface area contributed by atoms with Gasteiger partial charge in [-0.25, -0.2) is 14.3 Å². The molecule has 1 aliphatic carbocycles. The summed E-state index contributed by atoms with van der Waals surface area (Å²) < 4.78 is 16.7. The third kappa shape index (κ3) is 6.04. The van der Waals surface area contributed by atoms with Crippen LogP contribution in [0.1, 0.15) is 49.4 Å². The van der Waals surface area contributed by atoms with E-state index in [0.717, 1.165) is 32.1 Å². The van der Waals surface area contributed by atoms with Gasteiger partial charge >= 0.3 is 12.1 Å². The van der Waals surface area contributed by atoms with E-state index in [1.165, 1.54) is 22.2 Å². The number of rotatable bonds is 8. The molecule has 1 aliphatic rings. The van der Waals surface area contributed by atoms with E-state index in [1.54, 1.807) is 31.3 Å². The second-order valence-electron chi connectivity index (χ2n) is 7.92. The van der Waals surface area contributed by atoms with Crippen molar-refractivity contribution >= 4 is 34.8 Å². The lowest BCUT2D eigenvalue weighted by molar-refractivity contribution is -0.0429. The number of anilines is 2. The van der Waals surface area contributed by atoms with Crippen LogP contribution in [0.4, 0.5) is 16.2 Å². The predicted octanol–water partition coefficient (Wildman–Crippen LogP) is 4.73. The van der Waals surface area contributed by atoms with Crippen molar-refractivity contribution < 1.29 is 23.8 Å². The van der Waals surface area contributed by atoms with Crippen LogP contribution in [0.15, 0.2) is 46.1 Å². The maximum absolute atomic E-state index is 13.2. The van der Waals surface area contributed by atoms with Gasteiger partial charge in [0.1, 0.15) is 23.0 Å². The molecule has 184 valence electrons. The van der Waals surface area contributed by atoms with Crippen molar-refractivity contribution in [2.45, 2.75) is 51.7 Å². The molecule has 0 aromatic carbocycles. The molecule has 11 heteroatoms. The Hall–Kier alpha value is -3.73. The largest absolute Gasteiger partial charge is 0.511 e. The number of aromatic nitrogens is 3. The summed E-state index contributed by atoms with van der Waals surface area (Å²) in [5.74, 6) is -0.865. The van der Waals surface area contributed by atoms with Crippen LogP contribution in [0, 0.1) is 0 Å². The minimum absolute atomic E-state index is 0.00849. The van der Waals surface area contributed by atoms with Crippen molar-refractivity contribution in [1.29, 1.82) is 0 Å². The van der Waals surface area contributed by atoms with E-state index < -0.39 is 24.5 Å². The zero-order valence-corrected chi connectivity index (χ0v) is 20.1. The number of pyridine rings is 1.